The van der Waals surface area contributed by atoms with E-state index in [-0.39, 0.29) is 12.1 Å². The SMILES string of the molecule is Cc1cccc(NC(=O)NC(c2ccccc2)C2CC2c2ccccc2)c1. The lowest BCUT2D eigenvalue weighted by Gasteiger charge is -2.20. The van der Waals surface area contributed by atoms with E-state index in [1.54, 1.807) is 0 Å². The first kappa shape index (κ1) is 17.3. The fourth-order valence-corrected chi connectivity index (χ4v) is 3.80. The van der Waals surface area contributed by atoms with Gasteiger partial charge >= 0.3 is 6.03 Å². The lowest BCUT2D eigenvalue weighted by Crippen LogP contribution is -2.34. The zero-order chi connectivity index (χ0) is 18.6. The van der Waals surface area contributed by atoms with Gasteiger partial charge in [0.05, 0.1) is 6.04 Å². The molecule has 1 saturated carbocycles. The summed E-state index contributed by atoms with van der Waals surface area (Å²) < 4.78 is 0. The number of nitrogens with one attached hydrogen (secondary N) is 2. The molecule has 1 aliphatic rings. The summed E-state index contributed by atoms with van der Waals surface area (Å²) in [6, 6.07) is 28.5. The second-order valence-corrected chi connectivity index (χ2v) is 7.27. The van der Waals surface area contributed by atoms with Crippen molar-refractivity contribution >= 4 is 11.7 Å². The van der Waals surface area contributed by atoms with Crippen molar-refractivity contribution in [2.45, 2.75) is 25.3 Å². The largest absolute Gasteiger partial charge is 0.331 e. The van der Waals surface area contributed by atoms with Crippen LogP contribution < -0.4 is 10.6 Å². The Morgan fingerprint density at radius 2 is 1.63 bits per heavy atom. The average molecular weight is 356 g/mol. The first-order chi connectivity index (χ1) is 13.2. The summed E-state index contributed by atoms with van der Waals surface area (Å²) >= 11 is 0. The van der Waals surface area contributed by atoms with E-state index in [4.69, 9.17) is 0 Å². The minimum Gasteiger partial charge on any atom is -0.331 e. The summed E-state index contributed by atoms with van der Waals surface area (Å²) in [6.07, 6.45) is 1.09. The van der Waals surface area contributed by atoms with Crippen molar-refractivity contribution in [3.8, 4) is 0 Å². The third kappa shape index (κ3) is 4.20. The number of rotatable bonds is 5. The molecule has 136 valence electrons. The number of hydrogen-bond acceptors (Lipinski definition) is 1. The molecule has 0 heterocycles. The fourth-order valence-electron chi connectivity index (χ4n) is 3.80. The van der Waals surface area contributed by atoms with E-state index in [0.717, 1.165) is 23.2 Å². The van der Waals surface area contributed by atoms with Gasteiger partial charge in [0.15, 0.2) is 0 Å². The van der Waals surface area contributed by atoms with Gasteiger partial charge in [0, 0.05) is 5.69 Å². The average Bonchev–Trinajstić information content (AvgIpc) is 3.48. The van der Waals surface area contributed by atoms with Crippen LogP contribution in [0.3, 0.4) is 0 Å². The molecule has 3 heteroatoms. The molecular formula is C24H24N2O. The van der Waals surface area contributed by atoms with Crippen molar-refractivity contribution in [2.24, 2.45) is 5.92 Å². The van der Waals surface area contributed by atoms with Crippen LogP contribution in [0.1, 0.15) is 35.1 Å². The molecule has 0 aromatic heterocycles. The molecule has 0 saturated heterocycles. The van der Waals surface area contributed by atoms with Crippen LogP contribution in [0.25, 0.3) is 0 Å². The Bertz CT molecular complexity index is 908. The first-order valence-electron chi connectivity index (χ1n) is 9.45. The van der Waals surface area contributed by atoms with Gasteiger partial charge < -0.3 is 10.6 Å². The highest BCUT2D eigenvalue weighted by molar-refractivity contribution is 5.89. The number of amides is 2. The third-order valence-electron chi connectivity index (χ3n) is 5.22. The summed E-state index contributed by atoms with van der Waals surface area (Å²) in [7, 11) is 0. The van der Waals surface area contributed by atoms with Crippen molar-refractivity contribution in [3.05, 3.63) is 102 Å². The Balaban J connectivity index is 1.50. The number of anilines is 1. The summed E-state index contributed by atoms with van der Waals surface area (Å²) in [5, 5.41) is 6.18. The van der Waals surface area contributed by atoms with Crippen LogP contribution in [0.4, 0.5) is 10.5 Å². The van der Waals surface area contributed by atoms with Gasteiger partial charge in [-0.3, -0.25) is 0 Å². The van der Waals surface area contributed by atoms with E-state index in [1.807, 2.05) is 55.5 Å². The minimum absolute atomic E-state index is 0.00113. The Labute approximate surface area is 160 Å². The Morgan fingerprint density at radius 3 is 2.33 bits per heavy atom. The van der Waals surface area contributed by atoms with Crippen LogP contribution in [0.5, 0.6) is 0 Å². The Morgan fingerprint density at radius 1 is 0.926 bits per heavy atom. The molecule has 3 unspecified atom stereocenters. The molecule has 3 nitrogen and oxygen atoms in total. The molecular weight excluding hydrogens is 332 g/mol. The van der Waals surface area contributed by atoms with Crippen LogP contribution in [0, 0.1) is 12.8 Å². The van der Waals surface area contributed by atoms with E-state index in [1.165, 1.54) is 5.56 Å². The predicted molar refractivity (Wildman–Crippen MR) is 110 cm³/mol. The Hall–Kier alpha value is -3.07. The van der Waals surface area contributed by atoms with Gasteiger partial charge in [-0.25, -0.2) is 4.79 Å². The Kier molecular flexibility index (Phi) is 4.93. The third-order valence-corrected chi connectivity index (χ3v) is 5.22. The number of aryl methyl sites for hydroxylation is 1. The zero-order valence-electron chi connectivity index (χ0n) is 15.4. The number of benzene rings is 3. The maximum Gasteiger partial charge on any atom is 0.319 e. The fraction of sp³-hybridized carbons (Fsp3) is 0.208. The molecule has 1 fully saturated rings. The van der Waals surface area contributed by atoms with Crippen LogP contribution >= 0.6 is 0 Å². The highest BCUT2D eigenvalue weighted by Gasteiger charge is 2.44. The lowest BCUT2D eigenvalue weighted by molar-refractivity contribution is 0.247. The van der Waals surface area contributed by atoms with Gasteiger partial charge in [-0.05, 0) is 54.0 Å². The molecule has 2 N–H and O–H groups in total. The zero-order valence-corrected chi connectivity index (χ0v) is 15.4. The van der Waals surface area contributed by atoms with Gasteiger partial charge in [0.2, 0.25) is 0 Å². The lowest BCUT2D eigenvalue weighted by atomic mass is 9.99. The topological polar surface area (TPSA) is 41.1 Å². The van der Waals surface area contributed by atoms with E-state index in [2.05, 4.69) is 47.0 Å². The summed E-state index contributed by atoms with van der Waals surface area (Å²) in [6.45, 7) is 2.02. The molecule has 27 heavy (non-hydrogen) atoms. The van der Waals surface area contributed by atoms with Crippen molar-refractivity contribution < 1.29 is 4.79 Å². The number of carbonyl (C=O) groups excluding carboxylic acids is 1. The quantitative estimate of drug-likeness (QED) is 0.608. The normalized spacial score (nSPS) is 19.1. The van der Waals surface area contributed by atoms with E-state index in [9.17, 15) is 4.79 Å². The highest BCUT2D eigenvalue weighted by Crippen LogP contribution is 2.54. The first-order valence-corrected chi connectivity index (χ1v) is 9.45. The molecule has 3 aromatic carbocycles. The number of hydrogen-bond donors (Lipinski definition) is 2. The van der Waals surface area contributed by atoms with Gasteiger partial charge in [-0.2, -0.15) is 0 Å². The summed E-state index contributed by atoms with van der Waals surface area (Å²) in [4.78, 5) is 12.7. The minimum atomic E-state index is -0.159. The van der Waals surface area contributed by atoms with Crippen molar-refractivity contribution in [3.63, 3.8) is 0 Å². The monoisotopic (exact) mass is 356 g/mol. The number of carbonyl (C=O) groups is 1. The molecule has 0 bridgehead atoms. The van der Waals surface area contributed by atoms with Crippen LogP contribution in [-0.4, -0.2) is 6.03 Å². The van der Waals surface area contributed by atoms with Gasteiger partial charge in [-0.15, -0.1) is 0 Å². The molecule has 2 amide bonds. The molecule has 0 radical (unpaired) electrons. The molecule has 1 aliphatic carbocycles. The molecule has 4 rings (SSSR count). The van der Waals surface area contributed by atoms with Crippen molar-refractivity contribution in [2.75, 3.05) is 5.32 Å². The van der Waals surface area contributed by atoms with Gasteiger partial charge in [0.25, 0.3) is 0 Å². The summed E-state index contributed by atoms with van der Waals surface area (Å²) in [5.41, 5.74) is 4.44. The van der Waals surface area contributed by atoms with Crippen LogP contribution in [-0.2, 0) is 0 Å². The molecule has 0 aliphatic heterocycles. The maximum atomic E-state index is 12.7. The van der Waals surface area contributed by atoms with Crippen LogP contribution in [0.2, 0.25) is 0 Å². The second-order valence-electron chi connectivity index (χ2n) is 7.27. The van der Waals surface area contributed by atoms with Crippen molar-refractivity contribution in [1.29, 1.82) is 0 Å². The predicted octanol–water partition coefficient (Wildman–Crippen LogP) is 5.66. The smallest absolute Gasteiger partial charge is 0.319 e. The highest BCUT2D eigenvalue weighted by atomic mass is 16.2. The van der Waals surface area contributed by atoms with Crippen molar-refractivity contribution in [1.82, 2.24) is 5.32 Å². The molecule has 0 spiro atoms. The maximum absolute atomic E-state index is 12.7. The second kappa shape index (κ2) is 7.67. The van der Waals surface area contributed by atoms with Gasteiger partial charge in [0.1, 0.15) is 0 Å². The molecule has 3 atom stereocenters. The van der Waals surface area contributed by atoms with Gasteiger partial charge in [-0.1, -0.05) is 72.8 Å². The standard InChI is InChI=1S/C24H24N2O/c1-17-9-8-14-20(15-17)25-24(27)26-23(19-12-6-3-7-13-19)22-16-21(22)18-10-4-2-5-11-18/h2-15,21-23H,16H2,1H3,(H2,25,26,27). The van der Waals surface area contributed by atoms with Crippen LogP contribution in [0.15, 0.2) is 84.9 Å². The van der Waals surface area contributed by atoms with E-state index >= 15 is 0 Å². The van der Waals surface area contributed by atoms with E-state index < -0.39 is 0 Å². The van der Waals surface area contributed by atoms with E-state index in [0.29, 0.717) is 11.8 Å². The number of urea groups is 1. The summed E-state index contributed by atoms with van der Waals surface area (Å²) in [5.74, 6) is 0.911. The molecule has 3 aromatic rings.